The van der Waals surface area contributed by atoms with Crippen molar-refractivity contribution in [2.24, 2.45) is 0 Å². The van der Waals surface area contributed by atoms with Gasteiger partial charge in [-0.2, -0.15) is 5.10 Å². The summed E-state index contributed by atoms with van der Waals surface area (Å²) in [5, 5.41) is 5.80. The van der Waals surface area contributed by atoms with Crippen LogP contribution in [0.4, 0.5) is 0 Å². The minimum atomic E-state index is 0.647. The number of nitrogens with zero attached hydrogens (tertiary/aromatic N) is 2. The Balaban J connectivity index is 2.30. The molecule has 0 aliphatic heterocycles. The lowest BCUT2D eigenvalue weighted by molar-refractivity contribution is 0.680. The fraction of sp³-hybridized carbons (Fsp3) is 0.250. The second-order valence-electron chi connectivity index (χ2n) is 3.79. The Labute approximate surface area is 105 Å². The van der Waals surface area contributed by atoms with Gasteiger partial charge in [0.25, 0.3) is 0 Å². The first-order valence-corrected chi connectivity index (χ1v) is 5.77. The topological polar surface area (TPSA) is 17.8 Å². The van der Waals surface area contributed by atoms with Crippen molar-refractivity contribution >= 4 is 23.2 Å². The molecule has 1 aromatic heterocycles. The molecule has 0 amide bonds. The van der Waals surface area contributed by atoms with Crippen LogP contribution in [-0.4, -0.2) is 9.78 Å². The number of benzene rings is 1. The first kappa shape index (κ1) is 11.5. The van der Waals surface area contributed by atoms with Gasteiger partial charge < -0.3 is 0 Å². The second kappa shape index (κ2) is 4.48. The molecule has 0 saturated heterocycles. The Hall–Kier alpha value is -0.990. The van der Waals surface area contributed by atoms with Crippen LogP contribution in [0.3, 0.4) is 0 Å². The molecular weight excluding hydrogens is 243 g/mol. The van der Waals surface area contributed by atoms with Gasteiger partial charge in [0.2, 0.25) is 0 Å². The highest BCUT2D eigenvalue weighted by Crippen LogP contribution is 2.20. The largest absolute Gasteiger partial charge is 0.249 e. The van der Waals surface area contributed by atoms with Gasteiger partial charge in [-0.15, -0.1) is 0 Å². The molecule has 2 aromatic rings. The lowest BCUT2D eigenvalue weighted by Gasteiger charge is -2.03. The van der Waals surface area contributed by atoms with Crippen molar-refractivity contribution in [1.82, 2.24) is 9.78 Å². The van der Waals surface area contributed by atoms with E-state index in [1.807, 2.05) is 38.1 Å². The van der Waals surface area contributed by atoms with Crippen molar-refractivity contribution in [2.45, 2.75) is 20.4 Å². The zero-order valence-corrected chi connectivity index (χ0v) is 10.7. The summed E-state index contributed by atoms with van der Waals surface area (Å²) in [4.78, 5) is 0. The van der Waals surface area contributed by atoms with E-state index in [0.29, 0.717) is 11.7 Å². The summed E-state index contributed by atoms with van der Waals surface area (Å²) in [6.45, 7) is 4.57. The van der Waals surface area contributed by atoms with Gasteiger partial charge in [0.15, 0.2) is 0 Å². The molecule has 4 heteroatoms. The molecule has 2 nitrogen and oxygen atoms in total. The van der Waals surface area contributed by atoms with E-state index in [4.69, 9.17) is 23.2 Å². The summed E-state index contributed by atoms with van der Waals surface area (Å²) in [7, 11) is 0. The Bertz CT molecular complexity index is 518. The molecule has 2 rings (SSSR count). The highest BCUT2D eigenvalue weighted by atomic mass is 35.5. The zero-order valence-electron chi connectivity index (χ0n) is 9.17. The third-order valence-corrected chi connectivity index (χ3v) is 3.28. The van der Waals surface area contributed by atoms with Crippen LogP contribution in [0.1, 0.15) is 16.8 Å². The van der Waals surface area contributed by atoms with E-state index in [0.717, 1.165) is 21.8 Å². The molecule has 0 saturated carbocycles. The van der Waals surface area contributed by atoms with E-state index in [9.17, 15) is 0 Å². The van der Waals surface area contributed by atoms with Crippen LogP contribution in [0.2, 0.25) is 10.2 Å². The number of aromatic nitrogens is 2. The average molecular weight is 255 g/mol. The summed E-state index contributed by atoms with van der Waals surface area (Å²) in [6.07, 6.45) is 0. The van der Waals surface area contributed by atoms with Crippen LogP contribution in [0.15, 0.2) is 24.3 Å². The fourth-order valence-corrected chi connectivity index (χ4v) is 2.00. The maximum Gasteiger partial charge on any atom is 0.130 e. The van der Waals surface area contributed by atoms with Gasteiger partial charge in [-0.05, 0) is 31.5 Å². The van der Waals surface area contributed by atoms with E-state index >= 15 is 0 Å². The molecule has 16 heavy (non-hydrogen) atoms. The summed E-state index contributed by atoms with van der Waals surface area (Å²) < 4.78 is 1.79. The van der Waals surface area contributed by atoms with E-state index in [1.54, 1.807) is 4.68 Å². The first-order valence-electron chi connectivity index (χ1n) is 5.02. The predicted molar refractivity (Wildman–Crippen MR) is 67.3 cm³/mol. The van der Waals surface area contributed by atoms with Gasteiger partial charge in [-0.25, -0.2) is 4.68 Å². The molecule has 0 fully saturated rings. The quantitative estimate of drug-likeness (QED) is 0.796. The van der Waals surface area contributed by atoms with Crippen LogP contribution in [0, 0.1) is 13.8 Å². The molecule has 0 aliphatic rings. The van der Waals surface area contributed by atoms with E-state index in [-0.39, 0.29) is 0 Å². The van der Waals surface area contributed by atoms with Crippen LogP contribution in [0.25, 0.3) is 0 Å². The molecule has 0 N–H and O–H groups in total. The molecule has 0 bridgehead atoms. The smallest absolute Gasteiger partial charge is 0.130 e. The van der Waals surface area contributed by atoms with Crippen molar-refractivity contribution in [1.29, 1.82) is 0 Å². The molecule has 0 atom stereocenters. The van der Waals surface area contributed by atoms with Crippen molar-refractivity contribution in [3.63, 3.8) is 0 Å². The number of hydrogen-bond acceptors (Lipinski definition) is 1. The molecule has 0 spiro atoms. The monoisotopic (exact) mass is 254 g/mol. The third-order valence-electron chi connectivity index (χ3n) is 2.57. The number of aryl methyl sites for hydroxylation is 1. The predicted octanol–water partition coefficient (Wildman–Crippen LogP) is 3.86. The SMILES string of the molecule is Cc1nn(Cc2cccc(Cl)c2)c(Cl)c1C. The normalized spacial score (nSPS) is 10.8. The first-order chi connectivity index (χ1) is 7.58. The van der Waals surface area contributed by atoms with E-state index in [2.05, 4.69) is 5.10 Å². The summed E-state index contributed by atoms with van der Waals surface area (Å²) in [5.74, 6) is 0. The lowest BCUT2D eigenvalue weighted by Crippen LogP contribution is -2.01. The average Bonchev–Trinajstić information content (AvgIpc) is 2.47. The van der Waals surface area contributed by atoms with Crippen LogP contribution in [-0.2, 0) is 6.54 Å². The number of hydrogen-bond donors (Lipinski definition) is 0. The van der Waals surface area contributed by atoms with Gasteiger partial charge in [0.1, 0.15) is 5.15 Å². The summed E-state index contributed by atoms with van der Waals surface area (Å²) in [6, 6.07) is 7.71. The lowest BCUT2D eigenvalue weighted by atomic mass is 10.2. The van der Waals surface area contributed by atoms with Crippen LogP contribution >= 0.6 is 23.2 Å². The minimum Gasteiger partial charge on any atom is -0.249 e. The van der Waals surface area contributed by atoms with Gasteiger partial charge >= 0.3 is 0 Å². The van der Waals surface area contributed by atoms with Gasteiger partial charge in [0, 0.05) is 10.6 Å². The van der Waals surface area contributed by atoms with Crippen LogP contribution in [0.5, 0.6) is 0 Å². The maximum absolute atomic E-state index is 6.17. The molecule has 1 heterocycles. The van der Waals surface area contributed by atoms with Gasteiger partial charge in [-0.3, -0.25) is 0 Å². The molecule has 0 aliphatic carbocycles. The maximum atomic E-state index is 6.17. The Morgan fingerprint density at radius 1 is 1.25 bits per heavy atom. The number of rotatable bonds is 2. The van der Waals surface area contributed by atoms with E-state index < -0.39 is 0 Å². The van der Waals surface area contributed by atoms with Gasteiger partial charge in [0.05, 0.1) is 12.2 Å². The van der Waals surface area contributed by atoms with Crippen molar-refractivity contribution in [3.8, 4) is 0 Å². The minimum absolute atomic E-state index is 0.647. The van der Waals surface area contributed by atoms with E-state index in [1.165, 1.54) is 0 Å². The summed E-state index contributed by atoms with van der Waals surface area (Å²) >= 11 is 12.1. The fourth-order valence-electron chi connectivity index (χ4n) is 1.56. The van der Waals surface area contributed by atoms with Crippen molar-refractivity contribution in [2.75, 3.05) is 0 Å². The van der Waals surface area contributed by atoms with Crippen molar-refractivity contribution < 1.29 is 0 Å². The van der Waals surface area contributed by atoms with Crippen molar-refractivity contribution in [3.05, 3.63) is 51.3 Å². The number of halogens is 2. The highest BCUT2D eigenvalue weighted by Gasteiger charge is 2.09. The molecule has 0 unspecified atom stereocenters. The second-order valence-corrected chi connectivity index (χ2v) is 4.58. The standard InChI is InChI=1S/C12H12Cl2N2/c1-8-9(2)15-16(12(8)14)7-10-4-3-5-11(13)6-10/h3-6H,7H2,1-2H3. The molecule has 0 radical (unpaired) electrons. The zero-order chi connectivity index (χ0) is 11.7. The Morgan fingerprint density at radius 3 is 2.56 bits per heavy atom. The highest BCUT2D eigenvalue weighted by molar-refractivity contribution is 6.30. The molecular formula is C12H12Cl2N2. The Morgan fingerprint density at radius 2 is 2.00 bits per heavy atom. The molecule has 1 aromatic carbocycles. The van der Waals surface area contributed by atoms with Gasteiger partial charge in [-0.1, -0.05) is 35.3 Å². The summed E-state index contributed by atoms with van der Waals surface area (Å²) in [5.41, 5.74) is 3.09. The molecule has 84 valence electrons. The Kier molecular flexibility index (Phi) is 3.22. The van der Waals surface area contributed by atoms with Crippen LogP contribution < -0.4 is 0 Å². The third kappa shape index (κ3) is 2.23.